The van der Waals surface area contributed by atoms with Crippen LogP contribution in [-0.4, -0.2) is 54.7 Å². The highest BCUT2D eigenvalue weighted by Crippen LogP contribution is 2.31. The Morgan fingerprint density at radius 2 is 1.97 bits per heavy atom. The van der Waals surface area contributed by atoms with Crippen molar-refractivity contribution >= 4 is 34.1 Å². The van der Waals surface area contributed by atoms with Crippen LogP contribution in [0.4, 0.5) is 5.95 Å². The molecule has 0 spiro atoms. The van der Waals surface area contributed by atoms with E-state index < -0.39 is 0 Å². The van der Waals surface area contributed by atoms with E-state index in [1.54, 1.807) is 22.2 Å². The van der Waals surface area contributed by atoms with Gasteiger partial charge in [-0.25, -0.2) is 15.0 Å². The van der Waals surface area contributed by atoms with Gasteiger partial charge in [-0.3, -0.25) is 14.8 Å². The summed E-state index contributed by atoms with van der Waals surface area (Å²) in [7, 11) is 1.89. The number of anilines is 1. The van der Waals surface area contributed by atoms with Gasteiger partial charge in [0, 0.05) is 47.7 Å². The lowest BCUT2D eigenvalue weighted by Crippen LogP contribution is -2.37. The van der Waals surface area contributed by atoms with E-state index in [1.807, 2.05) is 43.0 Å². The molecule has 4 heterocycles. The fourth-order valence-electron chi connectivity index (χ4n) is 4.24. The van der Waals surface area contributed by atoms with Crippen molar-refractivity contribution in [3.8, 4) is 11.1 Å². The van der Waals surface area contributed by atoms with Gasteiger partial charge in [0.2, 0.25) is 5.95 Å². The second-order valence-electron chi connectivity index (χ2n) is 8.80. The number of benzene rings is 1. The van der Waals surface area contributed by atoms with E-state index in [0.29, 0.717) is 17.7 Å². The first-order valence-electron chi connectivity index (χ1n) is 11.2. The minimum absolute atomic E-state index is 0.274. The van der Waals surface area contributed by atoms with Crippen LogP contribution in [0.1, 0.15) is 48.1 Å². The Kier molecular flexibility index (Phi) is 5.90. The Balaban J connectivity index is 1.29. The molecule has 1 aliphatic heterocycles. The van der Waals surface area contributed by atoms with Crippen LogP contribution < -0.4 is 5.32 Å². The summed E-state index contributed by atoms with van der Waals surface area (Å²) in [5.41, 5.74) is 3.21. The highest BCUT2D eigenvalue weighted by Gasteiger charge is 2.25. The van der Waals surface area contributed by atoms with Gasteiger partial charge in [-0.2, -0.15) is 5.10 Å². The van der Waals surface area contributed by atoms with Crippen LogP contribution in [0.5, 0.6) is 0 Å². The number of hydrogen-bond donors (Lipinski definition) is 1. The number of nitrogens with one attached hydrogen (secondary N) is 1. The van der Waals surface area contributed by atoms with Crippen LogP contribution in [0.25, 0.3) is 22.0 Å². The van der Waals surface area contributed by atoms with Gasteiger partial charge in [0.05, 0.1) is 16.7 Å². The molecule has 0 aliphatic carbocycles. The SMILES string of the molecule is CC(C)N1CCC(c2nc(C(=O)Nc3ncc4ccc(-c5cnn(C)c5)cc4n3)cs2)CC1. The van der Waals surface area contributed by atoms with Gasteiger partial charge in [0.15, 0.2) is 0 Å². The van der Waals surface area contributed by atoms with Crippen molar-refractivity contribution in [3.05, 3.63) is 52.9 Å². The smallest absolute Gasteiger partial charge is 0.277 e. The molecule has 0 saturated carbocycles. The number of piperidine rings is 1. The zero-order chi connectivity index (χ0) is 22.9. The third-order valence-corrected chi connectivity index (χ3v) is 7.22. The van der Waals surface area contributed by atoms with Crippen molar-refractivity contribution in [1.29, 1.82) is 0 Å². The molecular weight excluding hydrogens is 434 g/mol. The van der Waals surface area contributed by atoms with E-state index in [-0.39, 0.29) is 11.9 Å². The molecule has 9 heteroatoms. The topological polar surface area (TPSA) is 88.8 Å². The normalized spacial score (nSPS) is 15.4. The molecule has 8 nitrogen and oxygen atoms in total. The number of carbonyl (C=O) groups is 1. The minimum Gasteiger partial charge on any atom is -0.301 e. The summed E-state index contributed by atoms with van der Waals surface area (Å²) >= 11 is 1.57. The van der Waals surface area contributed by atoms with Crippen LogP contribution in [0.2, 0.25) is 0 Å². The third kappa shape index (κ3) is 4.65. The van der Waals surface area contributed by atoms with Crippen molar-refractivity contribution in [2.45, 2.75) is 38.6 Å². The van der Waals surface area contributed by atoms with Gasteiger partial charge in [0.25, 0.3) is 5.91 Å². The first-order chi connectivity index (χ1) is 16.0. The van der Waals surface area contributed by atoms with Gasteiger partial charge in [0.1, 0.15) is 5.69 Å². The van der Waals surface area contributed by atoms with Gasteiger partial charge < -0.3 is 4.90 Å². The van der Waals surface area contributed by atoms with E-state index >= 15 is 0 Å². The number of rotatable bonds is 5. The number of thiazole rings is 1. The standard InChI is InChI=1S/C24H27N7OS/c1-15(2)31-8-6-16(7-9-31)23-27-21(14-33-23)22(32)29-24-25-11-18-5-4-17(10-20(18)28-24)19-12-26-30(3)13-19/h4-5,10-16H,6-9H2,1-3H3,(H,25,28,29,32). The van der Waals surface area contributed by atoms with Crippen LogP contribution in [0, 0.1) is 0 Å². The van der Waals surface area contributed by atoms with Gasteiger partial charge in [-0.05, 0) is 51.4 Å². The number of fused-ring (bicyclic) bond motifs is 1. The average molecular weight is 462 g/mol. The largest absolute Gasteiger partial charge is 0.301 e. The number of aromatic nitrogens is 5. The maximum atomic E-state index is 12.8. The monoisotopic (exact) mass is 461 g/mol. The molecule has 1 saturated heterocycles. The van der Waals surface area contributed by atoms with Crippen molar-refractivity contribution < 1.29 is 4.79 Å². The summed E-state index contributed by atoms with van der Waals surface area (Å²) < 4.78 is 1.76. The lowest BCUT2D eigenvalue weighted by molar-refractivity contribution is 0.102. The first kappa shape index (κ1) is 21.7. The molecule has 1 aliphatic rings. The van der Waals surface area contributed by atoms with Gasteiger partial charge >= 0.3 is 0 Å². The summed E-state index contributed by atoms with van der Waals surface area (Å²) in [6.45, 7) is 6.63. The summed E-state index contributed by atoms with van der Waals surface area (Å²) in [6.07, 6.45) is 7.66. The molecule has 0 radical (unpaired) electrons. The lowest BCUT2D eigenvalue weighted by Gasteiger charge is -2.33. The molecule has 170 valence electrons. The summed E-state index contributed by atoms with van der Waals surface area (Å²) in [5, 5.41) is 10.8. The van der Waals surface area contributed by atoms with Crippen LogP contribution >= 0.6 is 11.3 Å². The quantitative estimate of drug-likeness (QED) is 0.476. The molecular formula is C24H27N7OS. The summed E-state index contributed by atoms with van der Waals surface area (Å²) in [6, 6.07) is 6.55. The van der Waals surface area contributed by atoms with Crippen LogP contribution in [-0.2, 0) is 7.05 Å². The molecule has 4 aromatic rings. The molecule has 1 fully saturated rings. The van der Waals surface area contributed by atoms with Crippen molar-refractivity contribution in [3.63, 3.8) is 0 Å². The number of likely N-dealkylation sites (tertiary alicyclic amines) is 1. The fraction of sp³-hybridized carbons (Fsp3) is 0.375. The average Bonchev–Trinajstić information content (AvgIpc) is 3.48. The lowest BCUT2D eigenvalue weighted by atomic mass is 9.97. The highest BCUT2D eigenvalue weighted by molar-refractivity contribution is 7.10. The predicted octanol–water partition coefficient (Wildman–Crippen LogP) is 4.33. The summed E-state index contributed by atoms with van der Waals surface area (Å²) in [4.78, 5) is 28.8. The zero-order valence-electron chi connectivity index (χ0n) is 19.0. The van der Waals surface area contributed by atoms with E-state index in [9.17, 15) is 4.79 Å². The first-order valence-corrected chi connectivity index (χ1v) is 12.1. The molecule has 3 aromatic heterocycles. The van der Waals surface area contributed by atoms with Crippen LogP contribution in [0.3, 0.4) is 0 Å². The Bertz CT molecular complexity index is 1290. The van der Waals surface area contributed by atoms with Crippen molar-refractivity contribution in [1.82, 2.24) is 29.6 Å². The molecule has 1 aromatic carbocycles. The second-order valence-corrected chi connectivity index (χ2v) is 9.69. The number of aryl methyl sites for hydroxylation is 1. The fourth-order valence-corrected chi connectivity index (χ4v) is 5.21. The predicted molar refractivity (Wildman–Crippen MR) is 130 cm³/mol. The molecule has 0 atom stereocenters. The number of amides is 1. The van der Waals surface area contributed by atoms with Crippen LogP contribution in [0.15, 0.2) is 42.2 Å². The molecule has 1 amide bonds. The molecule has 33 heavy (non-hydrogen) atoms. The Morgan fingerprint density at radius 3 is 2.70 bits per heavy atom. The summed E-state index contributed by atoms with van der Waals surface area (Å²) in [5.74, 6) is 0.421. The molecule has 5 rings (SSSR count). The number of carbonyl (C=O) groups excluding carboxylic acids is 1. The van der Waals surface area contributed by atoms with E-state index in [4.69, 9.17) is 0 Å². The Morgan fingerprint density at radius 1 is 1.15 bits per heavy atom. The molecule has 0 unspecified atom stereocenters. The van der Waals surface area contributed by atoms with E-state index in [1.165, 1.54) is 0 Å². The third-order valence-electron chi connectivity index (χ3n) is 6.21. The maximum absolute atomic E-state index is 12.8. The van der Waals surface area contributed by atoms with Crippen molar-refractivity contribution in [2.24, 2.45) is 7.05 Å². The number of nitrogens with zero attached hydrogens (tertiary/aromatic N) is 6. The zero-order valence-corrected chi connectivity index (χ0v) is 19.8. The van der Waals surface area contributed by atoms with Gasteiger partial charge in [-0.1, -0.05) is 12.1 Å². The Hall–Kier alpha value is -3.17. The van der Waals surface area contributed by atoms with Crippen molar-refractivity contribution in [2.75, 3.05) is 18.4 Å². The van der Waals surface area contributed by atoms with E-state index in [2.05, 4.69) is 44.1 Å². The maximum Gasteiger partial charge on any atom is 0.277 e. The Labute approximate surface area is 196 Å². The highest BCUT2D eigenvalue weighted by atomic mass is 32.1. The second kappa shape index (κ2) is 8.99. The minimum atomic E-state index is -0.278. The molecule has 1 N–H and O–H groups in total. The van der Waals surface area contributed by atoms with Gasteiger partial charge in [-0.15, -0.1) is 11.3 Å². The molecule has 0 bridgehead atoms. The number of hydrogen-bond acceptors (Lipinski definition) is 7. The van der Waals surface area contributed by atoms with E-state index in [0.717, 1.165) is 53.0 Å².